The van der Waals surface area contributed by atoms with Crippen LogP contribution in [0.25, 0.3) is 5.65 Å². The third-order valence-corrected chi connectivity index (χ3v) is 4.06. The van der Waals surface area contributed by atoms with Crippen LogP contribution in [-0.2, 0) is 6.54 Å². The molecule has 0 fully saturated rings. The minimum absolute atomic E-state index is 0.152. The van der Waals surface area contributed by atoms with Gasteiger partial charge in [-0.3, -0.25) is 0 Å². The monoisotopic (exact) mass is 338 g/mol. The lowest BCUT2D eigenvalue weighted by atomic mass is 10.1. The normalized spacial score (nSPS) is 12.1. The van der Waals surface area contributed by atoms with Gasteiger partial charge in [-0.2, -0.15) is 0 Å². The van der Waals surface area contributed by atoms with Crippen LogP contribution in [-0.4, -0.2) is 27.1 Å². The molecule has 0 radical (unpaired) electrons. The molecular formula is C19H22N4O2. The van der Waals surface area contributed by atoms with Gasteiger partial charge in [0, 0.05) is 18.4 Å². The van der Waals surface area contributed by atoms with Crippen molar-refractivity contribution in [1.82, 2.24) is 20.0 Å². The molecule has 2 amide bonds. The van der Waals surface area contributed by atoms with Gasteiger partial charge in [-0.25, -0.2) is 9.78 Å². The number of aromatic nitrogens is 2. The number of carbonyl (C=O) groups is 1. The summed E-state index contributed by atoms with van der Waals surface area (Å²) in [6.07, 6.45) is 1.18. The fraction of sp³-hybridized carbons (Fsp3) is 0.263. The minimum Gasteiger partial charge on any atom is -0.387 e. The summed E-state index contributed by atoms with van der Waals surface area (Å²) in [7, 11) is 0. The van der Waals surface area contributed by atoms with Gasteiger partial charge in [0.15, 0.2) is 0 Å². The summed E-state index contributed by atoms with van der Waals surface area (Å²) in [4.78, 5) is 16.4. The highest BCUT2D eigenvalue weighted by atomic mass is 16.3. The Morgan fingerprint density at radius 2 is 2.00 bits per heavy atom. The van der Waals surface area contributed by atoms with E-state index in [-0.39, 0.29) is 12.6 Å². The van der Waals surface area contributed by atoms with Crippen LogP contribution < -0.4 is 10.6 Å². The Kier molecular flexibility index (Phi) is 5.00. The van der Waals surface area contributed by atoms with E-state index < -0.39 is 6.10 Å². The zero-order valence-electron chi connectivity index (χ0n) is 14.4. The van der Waals surface area contributed by atoms with Crippen LogP contribution in [0.4, 0.5) is 4.79 Å². The first-order chi connectivity index (χ1) is 12.0. The number of aliphatic hydroxyl groups excluding tert-OH is 1. The Hall–Kier alpha value is -2.86. The molecule has 0 bridgehead atoms. The van der Waals surface area contributed by atoms with E-state index in [1.54, 1.807) is 0 Å². The van der Waals surface area contributed by atoms with Gasteiger partial charge in [0.1, 0.15) is 5.65 Å². The number of aliphatic hydroxyl groups is 1. The van der Waals surface area contributed by atoms with Crippen molar-refractivity contribution in [2.24, 2.45) is 0 Å². The molecule has 1 atom stereocenters. The van der Waals surface area contributed by atoms with E-state index in [1.165, 1.54) is 0 Å². The Balaban J connectivity index is 1.51. The van der Waals surface area contributed by atoms with E-state index in [9.17, 15) is 9.90 Å². The summed E-state index contributed by atoms with van der Waals surface area (Å²) in [5.74, 6) is 0. The largest absolute Gasteiger partial charge is 0.387 e. The second-order valence-electron chi connectivity index (χ2n) is 6.12. The number of imidazole rings is 1. The van der Waals surface area contributed by atoms with Crippen molar-refractivity contribution in [3.05, 3.63) is 71.2 Å². The molecule has 3 aromatic rings. The van der Waals surface area contributed by atoms with Gasteiger partial charge in [-0.1, -0.05) is 35.9 Å². The summed E-state index contributed by atoms with van der Waals surface area (Å²) in [5.41, 5.74) is 4.58. The standard InChI is InChI=1S/C19H22N4O2/c1-13-5-3-7-15(9-13)17(24)11-21-19(25)20-10-16-12-23-14(2)6-4-8-18(23)22-16/h3-9,12,17,24H,10-11H2,1-2H3,(H2,20,21,25). The van der Waals surface area contributed by atoms with Crippen LogP contribution in [0.5, 0.6) is 0 Å². The molecule has 1 aromatic carbocycles. The first-order valence-corrected chi connectivity index (χ1v) is 8.23. The highest BCUT2D eigenvalue weighted by molar-refractivity contribution is 5.73. The Morgan fingerprint density at radius 1 is 1.20 bits per heavy atom. The molecule has 0 saturated carbocycles. The third-order valence-electron chi connectivity index (χ3n) is 4.06. The average molecular weight is 338 g/mol. The number of nitrogens with zero attached hydrogens (tertiary/aromatic N) is 2. The van der Waals surface area contributed by atoms with Crippen molar-refractivity contribution >= 4 is 11.7 Å². The van der Waals surface area contributed by atoms with Gasteiger partial charge in [0.2, 0.25) is 0 Å². The van der Waals surface area contributed by atoms with Crippen molar-refractivity contribution < 1.29 is 9.90 Å². The van der Waals surface area contributed by atoms with E-state index in [0.29, 0.717) is 6.54 Å². The maximum absolute atomic E-state index is 11.9. The highest BCUT2D eigenvalue weighted by Gasteiger charge is 2.10. The van der Waals surface area contributed by atoms with E-state index in [1.807, 2.05) is 66.9 Å². The van der Waals surface area contributed by atoms with E-state index in [0.717, 1.165) is 28.2 Å². The summed E-state index contributed by atoms with van der Waals surface area (Å²) in [5, 5.41) is 15.6. The molecule has 0 aliphatic heterocycles. The first-order valence-electron chi connectivity index (χ1n) is 8.23. The Morgan fingerprint density at radius 3 is 2.76 bits per heavy atom. The molecule has 6 heteroatoms. The van der Waals surface area contributed by atoms with Crippen molar-refractivity contribution in [3.63, 3.8) is 0 Å². The smallest absolute Gasteiger partial charge is 0.315 e. The topological polar surface area (TPSA) is 78.7 Å². The maximum atomic E-state index is 11.9. The van der Waals surface area contributed by atoms with Crippen LogP contribution in [0.3, 0.4) is 0 Å². The number of fused-ring (bicyclic) bond motifs is 1. The number of aryl methyl sites for hydroxylation is 2. The quantitative estimate of drug-likeness (QED) is 0.669. The second kappa shape index (κ2) is 7.36. The Labute approximate surface area is 146 Å². The van der Waals surface area contributed by atoms with E-state index in [4.69, 9.17) is 0 Å². The fourth-order valence-corrected chi connectivity index (χ4v) is 2.70. The SMILES string of the molecule is Cc1cccc(C(O)CNC(=O)NCc2cn3c(C)cccc3n2)c1. The number of hydrogen-bond donors (Lipinski definition) is 3. The summed E-state index contributed by atoms with van der Waals surface area (Å²) >= 11 is 0. The number of benzene rings is 1. The molecule has 3 N–H and O–H groups in total. The average Bonchev–Trinajstić information content (AvgIpc) is 3.02. The van der Waals surface area contributed by atoms with Crippen LogP contribution >= 0.6 is 0 Å². The lowest BCUT2D eigenvalue weighted by molar-refractivity contribution is 0.173. The van der Waals surface area contributed by atoms with Crippen LogP contribution in [0.2, 0.25) is 0 Å². The summed E-state index contributed by atoms with van der Waals surface area (Å²) in [6.45, 7) is 4.45. The predicted molar refractivity (Wildman–Crippen MR) is 96.3 cm³/mol. The zero-order valence-corrected chi connectivity index (χ0v) is 14.4. The number of pyridine rings is 1. The number of amides is 2. The van der Waals surface area contributed by atoms with Gasteiger partial charge in [0.25, 0.3) is 0 Å². The van der Waals surface area contributed by atoms with Gasteiger partial charge in [0.05, 0.1) is 18.3 Å². The highest BCUT2D eigenvalue weighted by Crippen LogP contribution is 2.13. The number of rotatable bonds is 5. The number of urea groups is 1. The molecule has 0 saturated heterocycles. The minimum atomic E-state index is -0.733. The maximum Gasteiger partial charge on any atom is 0.315 e. The van der Waals surface area contributed by atoms with Crippen LogP contribution in [0.15, 0.2) is 48.7 Å². The van der Waals surface area contributed by atoms with Crippen molar-refractivity contribution in [3.8, 4) is 0 Å². The van der Waals surface area contributed by atoms with E-state index >= 15 is 0 Å². The number of hydrogen-bond acceptors (Lipinski definition) is 3. The van der Waals surface area contributed by atoms with E-state index in [2.05, 4.69) is 15.6 Å². The van der Waals surface area contributed by atoms with Gasteiger partial charge in [-0.05, 0) is 31.5 Å². The molecule has 0 aliphatic rings. The number of nitrogens with one attached hydrogen (secondary N) is 2. The Bertz CT molecular complexity index is 888. The van der Waals surface area contributed by atoms with Crippen molar-refractivity contribution in [2.75, 3.05) is 6.54 Å². The molecular weight excluding hydrogens is 316 g/mol. The molecule has 25 heavy (non-hydrogen) atoms. The fourth-order valence-electron chi connectivity index (χ4n) is 2.70. The molecule has 130 valence electrons. The van der Waals surface area contributed by atoms with Crippen LogP contribution in [0.1, 0.15) is 28.6 Å². The number of carbonyl (C=O) groups excluding carboxylic acids is 1. The molecule has 1 unspecified atom stereocenters. The summed E-state index contributed by atoms with van der Waals surface area (Å²) < 4.78 is 1.98. The van der Waals surface area contributed by atoms with Gasteiger partial charge >= 0.3 is 6.03 Å². The van der Waals surface area contributed by atoms with Crippen molar-refractivity contribution in [1.29, 1.82) is 0 Å². The van der Waals surface area contributed by atoms with Gasteiger partial charge in [-0.15, -0.1) is 0 Å². The second-order valence-corrected chi connectivity index (χ2v) is 6.12. The zero-order chi connectivity index (χ0) is 17.8. The molecule has 6 nitrogen and oxygen atoms in total. The molecule has 0 spiro atoms. The molecule has 2 aromatic heterocycles. The lowest BCUT2D eigenvalue weighted by Gasteiger charge is -2.13. The third kappa shape index (κ3) is 4.16. The molecule has 0 aliphatic carbocycles. The van der Waals surface area contributed by atoms with Crippen LogP contribution in [0, 0.1) is 13.8 Å². The summed E-state index contributed by atoms with van der Waals surface area (Å²) in [6, 6.07) is 13.2. The van der Waals surface area contributed by atoms with Crippen molar-refractivity contribution in [2.45, 2.75) is 26.5 Å². The molecule has 2 heterocycles. The lowest BCUT2D eigenvalue weighted by Crippen LogP contribution is -2.37. The van der Waals surface area contributed by atoms with Gasteiger partial charge < -0.3 is 20.1 Å². The molecule has 3 rings (SSSR count). The predicted octanol–water partition coefficient (Wildman–Crippen LogP) is 2.48. The first kappa shape index (κ1) is 17.0.